The molecule has 0 saturated carbocycles. The van der Waals surface area contributed by atoms with Crippen molar-refractivity contribution in [3.63, 3.8) is 0 Å². The molecular weight excluding hydrogens is 336 g/mol. The van der Waals surface area contributed by atoms with E-state index < -0.39 is 5.97 Å². The summed E-state index contributed by atoms with van der Waals surface area (Å²) in [5.41, 5.74) is 2.57. The van der Waals surface area contributed by atoms with Crippen LogP contribution in [0.5, 0.6) is 0 Å². The highest BCUT2D eigenvalue weighted by Crippen LogP contribution is 2.23. The summed E-state index contributed by atoms with van der Waals surface area (Å²) in [6, 6.07) is 12.9. The molecule has 1 N–H and O–H groups in total. The summed E-state index contributed by atoms with van der Waals surface area (Å²) < 4.78 is 5.81. The lowest BCUT2D eigenvalue weighted by molar-refractivity contribution is -0.111. The summed E-state index contributed by atoms with van der Waals surface area (Å²) in [5.74, 6) is -0.719. The van der Waals surface area contributed by atoms with Crippen LogP contribution in [0.1, 0.15) is 20.9 Å². The fourth-order valence-corrected chi connectivity index (χ4v) is 3.26. The molecule has 6 heteroatoms. The fourth-order valence-electron chi connectivity index (χ4n) is 2.38. The summed E-state index contributed by atoms with van der Waals surface area (Å²) in [6.45, 7) is 1.76. The molecule has 0 radical (unpaired) electrons. The first-order valence-electron chi connectivity index (χ1n) is 7.61. The Bertz CT molecular complexity index is 943. The van der Waals surface area contributed by atoms with Gasteiger partial charge in [-0.2, -0.15) is 0 Å². The van der Waals surface area contributed by atoms with Gasteiger partial charge in [0.05, 0.1) is 22.9 Å². The number of hydrogen-bond donors (Lipinski definition) is 1. The van der Waals surface area contributed by atoms with Crippen LogP contribution < -0.4 is 5.32 Å². The van der Waals surface area contributed by atoms with Gasteiger partial charge in [-0.3, -0.25) is 4.79 Å². The van der Waals surface area contributed by atoms with E-state index >= 15 is 0 Å². The van der Waals surface area contributed by atoms with Crippen LogP contribution in [0.4, 0.5) is 5.69 Å². The van der Waals surface area contributed by atoms with E-state index in [0.717, 1.165) is 15.2 Å². The molecule has 3 aromatic rings. The average molecular weight is 352 g/mol. The van der Waals surface area contributed by atoms with Crippen molar-refractivity contribution in [3.05, 3.63) is 64.7 Å². The second-order valence-electron chi connectivity index (χ2n) is 5.31. The van der Waals surface area contributed by atoms with E-state index in [2.05, 4.69) is 10.3 Å². The molecule has 0 saturated heterocycles. The molecule has 0 bridgehead atoms. The molecule has 25 heavy (non-hydrogen) atoms. The van der Waals surface area contributed by atoms with E-state index in [0.29, 0.717) is 16.8 Å². The molecule has 0 aliphatic heterocycles. The summed E-state index contributed by atoms with van der Waals surface area (Å²) in [4.78, 5) is 28.3. The third-order valence-electron chi connectivity index (χ3n) is 3.68. The van der Waals surface area contributed by atoms with E-state index in [9.17, 15) is 9.59 Å². The molecule has 0 spiro atoms. The topological polar surface area (TPSA) is 68.3 Å². The van der Waals surface area contributed by atoms with Crippen molar-refractivity contribution in [1.82, 2.24) is 4.98 Å². The van der Waals surface area contributed by atoms with E-state index in [1.165, 1.54) is 24.5 Å². The van der Waals surface area contributed by atoms with E-state index in [4.69, 9.17) is 4.74 Å². The van der Waals surface area contributed by atoms with Crippen molar-refractivity contribution in [1.29, 1.82) is 0 Å². The zero-order chi connectivity index (χ0) is 17.8. The predicted molar refractivity (Wildman–Crippen MR) is 99.8 cm³/mol. The highest BCUT2D eigenvalue weighted by Gasteiger charge is 2.12. The fraction of sp³-hybridized carbons (Fsp3) is 0.105. The number of nitrogens with one attached hydrogen (secondary N) is 1. The molecule has 0 aliphatic rings. The molecule has 5 nitrogen and oxygen atoms in total. The predicted octanol–water partition coefficient (Wildman–Crippen LogP) is 4.04. The van der Waals surface area contributed by atoms with Crippen molar-refractivity contribution in [2.45, 2.75) is 6.92 Å². The quantitative estimate of drug-likeness (QED) is 0.568. The molecule has 2 aromatic carbocycles. The van der Waals surface area contributed by atoms with Gasteiger partial charge >= 0.3 is 5.97 Å². The molecule has 0 aliphatic carbocycles. The number of aromatic nitrogens is 1. The summed E-state index contributed by atoms with van der Waals surface area (Å²) in [7, 11) is 1.33. The molecule has 1 heterocycles. The maximum Gasteiger partial charge on any atom is 0.338 e. The van der Waals surface area contributed by atoms with Gasteiger partial charge in [0.25, 0.3) is 0 Å². The first kappa shape index (κ1) is 16.9. The van der Waals surface area contributed by atoms with Gasteiger partial charge in [0.15, 0.2) is 0 Å². The lowest BCUT2D eigenvalue weighted by atomic mass is 10.1. The number of rotatable bonds is 4. The number of thiazole rings is 1. The molecular formula is C19H16N2O3S. The Kier molecular flexibility index (Phi) is 4.90. The minimum absolute atomic E-state index is 0.288. The zero-order valence-corrected chi connectivity index (χ0v) is 14.6. The standard InChI is InChI=1S/C19H16N2O3S/c1-12-13(19(23)24-2)6-5-8-14(12)20-17(22)10-11-18-21-15-7-3-4-9-16(15)25-18/h3-11H,1-2H3,(H,20,22)/b11-10+. The number of carbonyl (C=O) groups is 2. The molecule has 0 unspecified atom stereocenters. The van der Waals surface area contributed by atoms with Crippen LogP contribution in [0.25, 0.3) is 16.3 Å². The van der Waals surface area contributed by atoms with Crippen LogP contribution >= 0.6 is 11.3 Å². The Labute approximate surface area is 149 Å². The number of hydrogen-bond acceptors (Lipinski definition) is 5. The number of amides is 1. The Morgan fingerprint density at radius 1 is 1.16 bits per heavy atom. The first-order chi connectivity index (χ1) is 12.1. The molecule has 1 amide bonds. The van der Waals surface area contributed by atoms with Gasteiger partial charge in [-0.05, 0) is 42.8 Å². The van der Waals surface area contributed by atoms with Gasteiger partial charge < -0.3 is 10.1 Å². The minimum Gasteiger partial charge on any atom is -0.465 e. The first-order valence-corrected chi connectivity index (χ1v) is 8.42. The average Bonchev–Trinajstić information content (AvgIpc) is 3.04. The van der Waals surface area contributed by atoms with Crippen LogP contribution in [-0.2, 0) is 9.53 Å². The van der Waals surface area contributed by atoms with E-state index in [1.54, 1.807) is 31.2 Å². The van der Waals surface area contributed by atoms with Gasteiger partial charge in [-0.25, -0.2) is 9.78 Å². The van der Waals surface area contributed by atoms with Crippen molar-refractivity contribution in [3.8, 4) is 0 Å². The minimum atomic E-state index is -0.432. The Morgan fingerprint density at radius 3 is 2.72 bits per heavy atom. The maximum absolute atomic E-state index is 12.2. The van der Waals surface area contributed by atoms with Crippen LogP contribution in [0.3, 0.4) is 0 Å². The smallest absolute Gasteiger partial charge is 0.338 e. The monoisotopic (exact) mass is 352 g/mol. The molecule has 0 atom stereocenters. The number of methoxy groups -OCH3 is 1. The number of ether oxygens (including phenoxy) is 1. The Morgan fingerprint density at radius 2 is 1.96 bits per heavy atom. The second-order valence-corrected chi connectivity index (χ2v) is 6.37. The summed E-state index contributed by atoms with van der Waals surface area (Å²) >= 11 is 1.52. The van der Waals surface area contributed by atoms with Crippen molar-refractivity contribution < 1.29 is 14.3 Å². The van der Waals surface area contributed by atoms with Gasteiger partial charge in [0.1, 0.15) is 5.01 Å². The SMILES string of the molecule is COC(=O)c1cccc(NC(=O)/C=C/c2nc3ccccc3s2)c1C. The van der Waals surface area contributed by atoms with Crippen LogP contribution in [0, 0.1) is 6.92 Å². The Hall–Kier alpha value is -2.99. The number of fused-ring (bicyclic) bond motifs is 1. The number of esters is 1. The Balaban J connectivity index is 1.75. The van der Waals surface area contributed by atoms with Gasteiger partial charge in [0.2, 0.25) is 5.91 Å². The van der Waals surface area contributed by atoms with Crippen molar-refractivity contribution >= 4 is 45.2 Å². The van der Waals surface area contributed by atoms with E-state index in [-0.39, 0.29) is 5.91 Å². The second kappa shape index (κ2) is 7.27. The highest BCUT2D eigenvalue weighted by atomic mass is 32.1. The largest absolute Gasteiger partial charge is 0.465 e. The maximum atomic E-state index is 12.2. The van der Waals surface area contributed by atoms with Crippen molar-refractivity contribution in [2.75, 3.05) is 12.4 Å². The van der Waals surface area contributed by atoms with Crippen molar-refractivity contribution in [2.24, 2.45) is 0 Å². The van der Waals surface area contributed by atoms with Gasteiger partial charge in [-0.1, -0.05) is 18.2 Å². The molecule has 3 rings (SSSR count). The third kappa shape index (κ3) is 3.75. The number of nitrogens with zero attached hydrogens (tertiary/aromatic N) is 1. The number of anilines is 1. The summed E-state index contributed by atoms with van der Waals surface area (Å²) in [5, 5.41) is 3.54. The number of carbonyl (C=O) groups excluding carboxylic acids is 2. The molecule has 0 fully saturated rings. The molecule has 126 valence electrons. The number of para-hydroxylation sites is 1. The zero-order valence-electron chi connectivity index (χ0n) is 13.8. The summed E-state index contributed by atoms with van der Waals surface area (Å²) in [6.07, 6.45) is 3.11. The third-order valence-corrected chi connectivity index (χ3v) is 4.69. The normalized spacial score (nSPS) is 11.0. The number of benzene rings is 2. The lowest BCUT2D eigenvalue weighted by Gasteiger charge is -2.10. The van der Waals surface area contributed by atoms with Crippen LogP contribution in [-0.4, -0.2) is 24.0 Å². The van der Waals surface area contributed by atoms with Gasteiger partial charge in [0, 0.05) is 11.8 Å². The lowest BCUT2D eigenvalue weighted by Crippen LogP contribution is -2.11. The van der Waals surface area contributed by atoms with Crippen LogP contribution in [0.15, 0.2) is 48.5 Å². The van der Waals surface area contributed by atoms with Gasteiger partial charge in [-0.15, -0.1) is 11.3 Å². The molecule has 1 aromatic heterocycles. The van der Waals surface area contributed by atoms with Crippen LogP contribution in [0.2, 0.25) is 0 Å². The highest BCUT2D eigenvalue weighted by molar-refractivity contribution is 7.19. The van der Waals surface area contributed by atoms with E-state index in [1.807, 2.05) is 24.3 Å².